The fraction of sp³-hybridized carbons (Fsp3) is 0.0769. The molecule has 0 spiro atoms. The molecule has 0 N–H and O–H groups in total. The van der Waals surface area contributed by atoms with Gasteiger partial charge in [-0.05, 0) is 39.7 Å². The monoisotopic (exact) mass is 321 g/mol. The van der Waals surface area contributed by atoms with Crippen molar-refractivity contribution in [2.45, 2.75) is 0 Å². The van der Waals surface area contributed by atoms with E-state index >= 15 is 0 Å². The van der Waals surface area contributed by atoms with E-state index in [4.69, 9.17) is 11.6 Å². The van der Waals surface area contributed by atoms with Crippen LogP contribution < -0.4 is 0 Å². The van der Waals surface area contributed by atoms with Gasteiger partial charge in [0.2, 0.25) is 5.28 Å². The van der Waals surface area contributed by atoms with Crippen LogP contribution in [0.5, 0.6) is 0 Å². The predicted octanol–water partition coefficient (Wildman–Crippen LogP) is 4.05. The molecule has 3 rings (SSSR count). The zero-order valence-electron chi connectivity index (χ0n) is 9.56. The molecule has 0 saturated carbocycles. The Morgan fingerprint density at radius 1 is 1.28 bits per heavy atom. The summed E-state index contributed by atoms with van der Waals surface area (Å²) in [6.07, 6.45) is 3.72. The van der Waals surface area contributed by atoms with Crippen LogP contribution in [0.1, 0.15) is 0 Å². The Kier molecular flexibility index (Phi) is 2.84. The summed E-state index contributed by atoms with van der Waals surface area (Å²) in [6.45, 7) is 0. The molecule has 0 bridgehead atoms. The molecular formula is C13H9BrClN3. The number of fused-ring (bicyclic) bond motifs is 1. The Morgan fingerprint density at radius 3 is 2.89 bits per heavy atom. The summed E-state index contributed by atoms with van der Waals surface area (Å²) in [7, 11) is 2.01. The van der Waals surface area contributed by atoms with Crippen molar-refractivity contribution < 1.29 is 0 Å². The summed E-state index contributed by atoms with van der Waals surface area (Å²) < 4.78 is 3.14. The van der Waals surface area contributed by atoms with E-state index in [1.807, 2.05) is 31.4 Å². The molecule has 0 saturated heterocycles. The predicted molar refractivity (Wildman–Crippen MR) is 76.7 cm³/mol. The van der Waals surface area contributed by atoms with Crippen LogP contribution >= 0.6 is 27.5 Å². The van der Waals surface area contributed by atoms with Crippen LogP contribution in [-0.4, -0.2) is 14.5 Å². The topological polar surface area (TPSA) is 30.7 Å². The first-order valence-electron chi connectivity index (χ1n) is 5.39. The van der Waals surface area contributed by atoms with E-state index in [1.165, 1.54) is 0 Å². The Bertz CT molecular complexity index is 736. The quantitative estimate of drug-likeness (QED) is 0.633. The van der Waals surface area contributed by atoms with E-state index < -0.39 is 0 Å². The molecule has 0 aliphatic carbocycles. The summed E-state index contributed by atoms with van der Waals surface area (Å²) in [5.74, 6) is 0. The largest absolute Gasteiger partial charge is 0.349 e. The van der Waals surface area contributed by atoms with Crippen LogP contribution in [0.2, 0.25) is 5.28 Å². The highest BCUT2D eigenvalue weighted by Gasteiger charge is 2.11. The van der Waals surface area contributed by atoms with Gasteiger partial charge >= 0.3 is 0 Å². The van der Waals surface area contributed by atoms with Gasteiger partial charge in [0.15, 0.2) is 0 Å². The summed E-state index contributed by atoms with van der Waals surface area (Å²) in [5, 5.41) is 1.40. The summed E-state index contributed by atoms with van der Waals surface area (Å²) >= 11 is 9.41. The molecule has 2 aromatic heterocycles. The summed E-state index contributed by atoms with van der Waals surface area (Å²) in [5.41, 5.74) is 3.03. The van der Waals surface area contributed by atoms with Gasteiger partial charge in [-0.1, -0.05) is 12.1 Å². The average Bonchev–Trinajstić information content (AvgIpc) is 2.68. The molecule has 0 aliphatic rings. The zero-order chi connectivity index (χ0) is 12.7. The van der Waals surface area contributed by atoms with Crippen LogP contribution in [0.25, 0.3) is 22.2 Å². The van der Waals surface area contributed by atoms with E-state index in [0.717, 1.165) is 26.6 Å². The lowest BCUT2D eigenvalue weighted by Gasteiger charge is -1.99. The minimum atomic E-state index is 0.263. The van der Waals surface area contributed by atoms with Crippen molar-refractivity contribution in [3.8, 4) is 11.3 Å². The third-order valence-electron chi connectivity index (χ3n) is 2.85. The molecule has 2 heterocycles. The first-order valence-corrected chi connectivity index (χ1v) is 6.56. The average molecular weight is 323 g/mol. The number of benzene rings is 1. The second-order valence-corrected chi connectivity index (χ2v) is 5.19. The second-order valence-electron chi connectivity index (χ2n) is 4.00. The minimum absolute atomic E-state index is 0.263. The molecule has 0 radical (unpaired) electrons. The molecule has 0 amide bonds. The third kappa shape index (κ3) is 1.82. The first kappa shape index (κ1) is 11.7. The van der Waals surface area contributed by atoms with Crippen molar-refractivity contribution in [1.29, 1.82) is 0 Å². The molecule has 0 unspecified atom stereocenters. The lowest BCUT2D eigenvalue weighted by molar-refractivity contribution is 0.966. The van der Waals surface area contributed by atoms with E-state index in [-0.39, 0.29) is 5.28 Å². The number of hydrogen-bond donors (Lipinski definition) is 0. The van der Waals surface area contributed by atoms with Crippen LogP contribution in [0.3, 0.4) is 0 Å². The maximum Gasteiger partial charge on any atom is 0.222 e. The Labute approximate surface area is 118 Å². The molecule has 3 aromatic rings. The SMILES string of the molecule is Cn1cc(-c2ccnc(Cl)n2)c2cccc(Br)c21. The summed E-state index contributed by atoms with van der Waals surface area (Å²) in [6, 6.07) is 7.98. The summed E-state index contributed by atoms with van der Waals surface area (Å²) in [4.78, 5) is 8.17. The number of halogens is 2. The van der Waals surface area contributed by atoms with Crippen LogP contribution in [-0.2, 0) is 7.05 Å². The van der Waals surface area contributed by atoms with Gasteiger partial charge in [-0.3, -0.25) is 0 Å². The van der Waals surface area contributed by atoms with Crippen molar-refractivity contribution >= 4 is 38.4 Å². The van der Waals surface area contributed by atoms with Gasteiger partial charge in [0.25, 0.3) is 0 Å². The lowest BCUT2D eigenvalue weighted by atomic mass is 10.1. The molecular weight excluding hydrogens is 314 g/mol. The van der Waals surface area contributed by atoms with E-state index in [9.17, 15) is 0 Å². The Balaban J connectivity index is 2.34. The standard InChI is InChI=1S/C13H9BrClN3/c1-18-7-9(11-5-6-16-13(15)17-11)8-3-2-4-10(14)12(8)18/h2-7H,1H3. The van der Waals surface area contributed by atoms with E-state index in [0.29, 0.717) is 0 Å². The maximum atomic E-state index is 5.85. The molecule has 0 fully saturated rings. The number of aryl methyl sites for hydroxylation is 1. The smallest absolute Gasteiger partial charge is 0.222 e. The molecule has 90 valence electrons. The van der Waals surface area contributed by atoms with E-state index in [2.05, 4.69) is 36.5 Å². The Hall–Kier alpha value is -1.39. The fourth-order valence-electron chi connectivity index (χ4n) is 2.11. The number of para-hydroxylation sites is 1. The van der Waals surface area contributed by atoms with Gasteiger partial charge in [0, 0.05) is 34.9 Å². The van der Waals surface area contributed by atoms with Crippen molar-refractivity contribution in [1.82, 2.24) is 14.5 Å². The molecule has 0 atom stereocenters. The highest BCUT2D eigenvalue weighted by molar-refractivity contribution is 9.10. The number of nitrogens with zero attached hydrogens (tertiary/aromatic N) is 3. The van der Waals surface area contributed by atoms with Gasteiger partial charge in [0.05, 0.1) is 11.2 Å². The van der Waals surface area contributed by atoms with Gasteiger partial charge in [-0.25, -0.2) is 9.97 Å². The van der Waals surface area contributed by atoms with Crippen molar-refractivity contribution in [3.63, 3.8) is 0 Å². The van der Waals surface area contributed by atoms with Gasteiger partial charge in [-0.15, -0.1) is 0 Å². The van der Waals surface area contributed by atoms with Crippen LogP contribution in [0, 0.1) is 0 Å². The number of rotatable bonds is 1. The van der Waals surface area contributed by atoms with Crippen molar-refractivity contribution in [2.75, 3.05) is 0 Å². The van der Waals surface area contributed by atoms with Crippen LogP contribution in [0.4, 0.5) is 0 Å². The molecule has 5 heteroatoms. The molecule has 1 aromatic carbocycles. The number of aromatic nitrogens is 3. The molecule has 18 heavy (non-hydrogen) atoms. The van der Waals surface area contributed by atoms with Gasteiger partial charge in [-0.2, -0.15) is 0 Å². The molecule has 3 nitrogen and oxygen atoms in total. The normalized spacial score (nSPS) is 11.1. The first-order chi connectivity index (χ1) is 8.66. The minimum Gasteiger partial charge on any atom is -0.349 e. The second kappa shape index (κ2) is 4.37. The maximum absolute atomic E-state index is 5.85. The highest BCUT2D eigenvalue weighted by atomic mass is 79.9. The van der Waals surface area contributed by atoms with Gasteiger partial charge < -0.3 is 4.57 Å². The third-order valence-corrected chi connectivity index (χ3v) is 3.68. The lowest BCUT2D eigenvalue weighted by Crippen LogP contribution is -1.85. The fourth-order valence-corrected chi connectivity index (χ4v) is 2.90. The van der Waals surface area contributed by atoms with E-state index in [1.54, 1.807) is 6.20 Å². The highest BCUT2D eigenvalue weighted by Crippen LogP contribution is 2.33. The zero-order valence-corrected chi connectivity index (χ0v) is 11.9. The van der Waals surface area contributed by atoms with Crippen molar-refractivity contribution in [3.05, 3.63) is 46.4 Å². The Morgan fingerprint density at radius 2 is 2.11 bits per heavy atom. The van der Waals surface area contributed by atoms with Gasteiger partial charge in [0.1, 0.15) is 0 Å². The molecule has 0 aliphatic heterocycles. The van der Waals surface area contributed by atoms with Crippen LogP contribution in [0.15, 0.2) is 41.1 Å². The van der Waals surface area contributed by atoms with Crippen molar-refractivity contribution in [2.24, 2.45) is 7.05 Å². The number of hydrogen-bond acceptors (Lipinski definition) is 2.